The maximum absolute atomic E-state index is 12.3. The van der Waals surface area contributed by atoms with Gasteiger partial charge < -0.3 is 9.84 Å². The summed E-state index contributed by atoms with van der Waals surface area (Å²) in [6.45, 7) is 2.20. The number of para-hydroxylation sites is 1. The van der Waals surface area contributed by atoms with Crippen LogP contribution < -0.4 is 4.74 Å². The van der Waals surface area contributed by atoms with Crippen molar-refractivity contribution in [3.8, 4) is 11.5 Å². The van der Waals surface area contributed by atoms with E-state index in [0.29, 0.717) is 29.1 Å². The minimum Gasteiger partial charge on any atom is -0.506 e. The lowest BCUT2D eigenvalue weighted by molar-refractivity contribution is 0.0932. The van der Waals surface area contributed by atoms with Crippen molar-refractivity contribution in [2.24, 2.45) is 11.8 Å². The molecular weight excluding hydrogens is 352 g/mol. The van der Waals surface area contributed by atoms with Crippen LogP contribution in [-0.2, 0) is 0 Å². The van der Waals surface area contributed by atoms with Crippen molar-refractivity contribution in [2.45, 2.75) is 18.9 Å². The summed E-state index contributed by atoms with van der Waals surface area (Å²) in [4.78, 5) is 18.6. The van der Waals surface area contributed by atoms with Gasteiger partial charge >= 0.3 is 0 Å². The molecule has 5 nitrogen and oxygen atoms in total. The molecular formula is C20H21ClN2O3. The lowest BCUT2D eigenvalue weighted by Gasteiger charge is -2.19. The Labute approximate surface area is 157 Å². The highest BCUT2D eigenvalue weighted by molar-refractivity contribution is 6.32. The fourth-order valence-corrected chi connectivity index (χ4v) is 4.30. The molecule has 136 valence electrons. The number of ether oxygens (including phenoxy) is 1. The SMILES string of the molecule is O=C(CN1C[C@H]2C[C@H](Oc3ccccc3Cl)C[C@H]2C1)c1ccc(O)cn1. The first-order valence-corrected chi connectivity index (χ1v) is 9.28. The molecule has 1 saturated carbocycles. The van der Waals surface area contributed by atoms with Crippen molar-refractivity contribution in [3.05, 3.63) is 53.3 Å². The van der Waals surface area contributed by atoms with Gasteiger partial charge in [0.1, 0.15) is 17.2 Å². The van der Waals surface area contributed by atoms with Gasteiger partial charge in [-0.05, 0) is 48.9 Å². The monoisotopic (exact) mass is 372 g/mol. The molecule has 26 heavy (non-hydrogen) atoms. The number of nitrogens with zero attached hydrogens (tertiary/aromatic N) is 2. The molecule has 2 aromatic rings. The summed E-state index contributed by atoms with van der Waals surface area (Å²) in [5.74, 6) is 1.94. The van der Waals surface area contributed by atoms with Gasteiger partial charge in [-0.25, -0.2) is 4.98 Å². The summed E-state index contributed by atoms with van der Waals surface area (Å²) < 4.78 is 6.09. The number of rotatable bonds is 5. The summed E-state index contributed by atoms with van der Waals surface area (Å²) in [5.41, 5.74) is 0.403. The van der Waals surface area contributed by atoms with Crippen molar-refractivity contribution in [3.63, 3.8) is 0 Å². The lowest BCUT2D eigenvalue weighted by atomic mass is 10.0. The standard InChI is InChI=1S/C20H21ClN2O3/c21-17-3-1-2-4-20(17)26-16-7-13-10-23(11-14(13)8-16)12-19(25)18-6-5-15(24)9-22-18/h1-6,9,13-14,16,24H,7-8,10-12H2/t13-,14+,16+. The van der Waals surface area contributed by atoms with Gasteiger partial charge in [-0.2, -0.15) is 0 Å². The van der Waals surface area contributed by atoms with Gasteiger partial charge in [0.2, 0.25) is 0 Å². The van der Waals surface area contributed by atoms with Gasteiger partial charge in [0.25, 0.3) is 0 Å². The first kappa shape index (κ1) is 17.3. The number of aromatic nitrogens is 1. The number of hydrogen-bond acceptors (Lipinski definition) is 5. The van der Waals surface area contributed by atoms with Crippen molar-refractivity contribution in [1.82, 2.24) is 9.88 Å². The summed E-state index contributed by atoms with van der Waals surface area (Å²) in [7, 11) is 0. The van der Waals surface area contributed by atoms with Crippen molar-refractivity contribution in [2.75, 3.05) is 19.6 Å². The second kappa shape index (κ2) is 7.25. The van der Waals surface area contributed by atoms with Gasteiger partial charge in [-0.3, -0.25) is 9.69 Å². The minimum atomic E-state index is -0.00570. The molecule has 0 radical (unpaired) electrons. The highest BCUT2D eigenvalue weighted by Gasteiger charge is 2.42. The van der Waals surface area contributed by atoms with Crippen molar-refractivity contribution >= 4 is 17.4 Å². The summed E-state index contributed by atoms with van der Waals surface area (Å²) in [6, 6.07) is 10.7. The van der Waals surface area contributed by atoms with Gasteiger partial charge in [0.05, 0.1) is 23.9 Å². The van der Waals surface area contributed by atoms with Crippen LogP contribution in [0.1, 0.15) is 23.3 Å². The topological polar surface area (TPSA) is 62.7 Å². The van der Waals surface area contributed by atoms with E-state index in [0.717, 1.165) is 31.7 Å². The Hall–Kier alpha value is -2.11. The third kappa shape index (κ3) is 3.69. The van der Waals surface area contributed by atoms with Gasteiger partial charge in [0, 0.05) is 13.1 Å². The van der Waals surface area contributed by atoms with Crippen molar-refractivity contribution < 1.29 is 14.6 Å². The molecule has 0 unspecified atom stereocenters. The normalized spacial score (nSPS) is 25.2. The fraction of sp³-hybridized carbons (Fsp3) is 0.400. The van der Waals surface area contributed by atoms with E-state index in [-0.39, 0.29) is 17.6 Å². The zero-order valence-electron chi connectivity index (χ0n) is 14.3. The Morgan fingerprint density at radius 2 is 1.92 bits per heavy atom. The number of benzene rings is 1. The van der Waals surface area contributed by atoms with E-state index in [1.165, 1.54) is 12.3 Å². The van der Waals surface area contributed by atoms with E-state index in [1.54, 1.807) is 6.07 Å². The lowest BCUT2D eigenvalue weighted by Crippen LogP contribution is -2.30. The van der Waals surface area contributed by atoms with E-state index in [1.807, 2.05) is 24.3 Å². The van der Waals surface area contributed by atoms with E-state index in [4.69, 9.17) is 16.3 Å². The van der Waals surface area contributed by atoms with Crippen LogP contribution in [0.2, 0.25) is 5.02 Å². The Balaban J connectivity index is 1.30. The average Bonchev–Trinajstić information content (AvgIpc) is 3.15. The van der Waals surface area contributed by atoms with E-state index < -0.39 is 0 Å². The molecule has 2 aliphatic rings. The number of Topliss-reactive ketones (excluding diaryl/α,β-unsaturated/α-hetero) is 1. The smallest absolute Gasteiger partial charge is 0.195 e. The van der Waals surface area contributed by atoms with Crippen LogP contribution in [0.4, 0.5) is 0 Å². The molecule has 1 N–H and O–H groups in total. The van der Waals surface area contributed by atoms with Crippen molar-refractivity contribution in [1.29, 1.82) is 0 Å². The molecule has 2 fully saturated rings. The summed E-state index contributed by atoms with van der Waals surface area (Å²) >= 11 is 6.18. The third-order valence-electron chi connectivity index (χ3n) is 5.31. The number of likely N-dealkylation sites (tertiary alicyclic amines) is 1. The first-order valence-electron chi connectivity index (χ1n) is 8.90. The number of pyridine rings is 1. The van der Waals surface area contributed by atoms with Crippen LogP contribution in [0.25, 0.3) is 0 Å². The third-order valence-corrected chi connectivity index (χ3v) is 5.63. The first-order chi connectivity index (χ1) is 12.6. The van der Waals surface area contributed by atoms with Crippen LogP contribution in [0, 0.1) is 11.8 Å². The second-order valence-corrected chi connectivity index (χ2v) is 7.59. The minimum absolute atomic E-state index is 0.00570. The van der Waals surface area contributed by atoms with E-state index in [2.05, 4.69) is 9.88 Å². The molecule has 6 heteroatoms. The molecule has 1 aliphatic carbocycles. The molecule has 3 atom stereocenters. The molecule has 1 aromatic heterocycles. The number of fused-ring (bicyclic) bond motifs is 1. The molecule has 0 spiro atoms. The van der Waals surface area contributed by atoms with Gasteiger partial charge in [-0.1, -0.05) is 23.7 Å². The maximum atomic E-state index is 12.3. The largest absolute Gasteiger partial charge is 0.506 e. The molecule has 1 aromatic carbocycles. The highest BCUT2D eigenvalue weighted by atomic mass is 35.5. The molecule has 4 rings (SSSR count). The number of ketones is 1. The van der Waals surface area contributed by atoms with E-state index in [9.17, 15) is 9.90 Å². The predicted molar refractivity (Wildman–Crippen MR) is 98.8 cm³/mol. The molecule has 2 heterocycles. The van der Waals surface area contributed by atoms with Crippen LogP contribution in [0.3, 0.4) is 0 Å². The highest BCUT2D eigenvalue weighted by Crippen LogP contribution is 2.40. The summed E-state index contributed by atoms with van der Waals surface area (Å²) in [5, 5.41) is 9.93. The Morgan fingerprint density at radius 1 is 1.19 bits per heavy atom. The van der Waals surface area contributed by atoms with Crippen LogP contribution in [0.5, 0.6) is 11.5 Å². The van der Waals surface area contributed by atoms with Gasteiger partial charge in [0.15, 0.2) is 5.78 Å². The number of carbonyl (C=O) groups excluding carboxylic acids is 1. The van der Waals surface area contributed by atoms with Crippen LogP contribution in [0.15, 0.2) is 42.6 Å². The number of halogens is 1. The second-order valence-electron chi connectivity index (χ2n) is 7.18. The molecule has 0 amide bonds. The Kier molecular flexibility index (Phi) is 4.83. The Bertz CT molecular complexity index is 782. The van der Waals surface area contributed by atoms with Gasteiger partial charge in [-0.15, -0.1) is 0 Å². The summed E-state index contributed by atoms with van der Waals surface area (Å²) in [6.07, 6.45) is 3.50. The average molecular weight is 373 g/mol. The molecule has 1 aliphatic heterocycles. The van der Waals surface area contributed by atoms with E-state index >= 15 is 0 Å². The zero-order chi connectivity index (χ0) is 18.1. The molecule has 0 bridgehead atoms. The van der Waals surface area contributed by atoms with Crippen LogP contribution >= 0.6 is 11.6 Å². The number of carbonyl (C=O) groups is 1. The number of aromatic hydroxyl groups is 1. The Morgan fingerprint density at radius 3 is 2.58 bits per heavy atom. The molecule has 1 saturated heterocycles. The maximum Gasteiger partial charge on any atom is 0.195 e. The predicted octanol–water partition coefficient (Wildman–Crippen LogP) is 3.41. The number of hydrogen-bond donors (Lipinski definition) is 1. The fourth-order valence-electron chi connectivity index (χ4n) is 4.12. The van der Waals surface area contributed by atoms with Crippen LogP contribution in [-0.4, -0.2) is 46.5 Å². The zero-order valence-corrected chi connectivity index (χ0v) is 15.1. The quantitative estimate of drug-likeness (QED) is 0.815.